The van der Waals surface area contributed by atoms with Gasteiger partial charge in [0, 0.05) is 6.04 Å². The number of amides is 1. The van der Waals surface area contributed by atoms with Gasteiger partial charge < -0.3 is 5.32 Å². The summed E-state index contributed by atoms with van der Waals surface area (Å²) in [5, 5.41) is 4.98. The van der Waals surface area contributed by atoms with Crippen molar-refractivity contribution in [3.63, 3.8) is 0 Å². The fourth-order valence-corrected chi connectivity index (χ4v) is 4.36. The predicted molar refractivity (Wildman–Crippen MR) is 118 cm³/mol. The molecule has 0 atom stereocenters. The Balaban J connectivity index is 1.70. The first-order valence-corrected chi connectivity index (χ1v) is 10.8. The van der Waals surface area contributed by atoms with Crippen LogP contribution in [0, 0.1) is 5.82 Å². The summed E-state index contributed by atoms with van der Waals surface area (Å²) in [5.74, 6) is -0.646. The maximum Gasteiger partial charge on any atom is 0.336 e. The molecule has 2 heterocycles. The molecule has 0 aliphatic heterocycles. The van der Waals surface area contributed by atoms with E-state index in [1.54, 1.807) is 47.8 Å². The van der Waals surface area contributed by atoms with E-state index in [1.165, 1.54) is 28.0 Å². The van der Waals surface area contributed by atoms with E-state index in [0.717, 1.165) is 23.0 Å². The van der Waals surface area contributed by atoms with Gasteiger partial charge in [-0.2, -0.15) is 0 Å². The predicted octanol–water partition coefficient (Wildman–Crippen LogP) is 3.29. The van der Waals surface area contributed by atoms with Crippen molar-refractivity contribution < 1.29 is 9.18 Å². The molecular formula is C23H18FN3O3S. The van der Waals surface area contributed by atoms with Crippen molar-refractivity contribution in [2.24, 2.45) is 0 Å². The highest BCUT2D eigenvalue weighted by Gasteiger charge is 2.27. The third-order valence-electron chi connectivity index (χ3n) is 5.31. The molecule has 0 spiro atoms. The van der Waals surface area contributed by atoms with Crippen LogP contribution < -0.4 is 16.6 Å². The lowest BCUT2D eigenvalue weighted by Gasteiger charge is -2.14. The van der Waals surface area contributed by atoms with Crippen molar-refractivity contribution in [2.45, 2.75) is 25.4 Å². The Kier molecular flexibility index (Phi) is 4.78. The topological polar surface area (TPSA) is 73.1 Å². The lowest BCUT2D eigenvalue weighted by molar-refractivity contribution is 0.0955. The van der Waals surface area contributed by atoms with Gasteiger partial charge in [-0.05, 0) is 54.1 Å². The van der Waals surface area contributed by atoms with Crippen LogP contribution >= 0.6 is 11.3 Å². The summed E-state index contributed by atoms with van der Waals surface area (Å²) in [5.41, 5.74) is 0.451. The van der Waals surface area contributed by atoms with Gasteiger partial charge in [0.15, 0.2) is 0 Å². The smallest absolute Gasteiger partial charge is 0.336 e. The average Bonchev–Trinajstić information content (AvgIpc) is 3.45. The number of hydrogen-bond donors (Lipinski definition) is 1. The van der Waals surface area contributed by atoms with Gasteiger partial charge >= 0.3 is 5.69 Å². The molecule has 1 aliphatic carbocycles. The van der Waals surface area contributed by atoms with E-state index in [9.17, 15) is 18.8 Å². The average molecular weight is 435 g/mol. The van der Waals surface area contributed by atoms with Crippen molar-refractivity contribution >= 4 is 28.1 Å². The molecule has 2 aromatic heterocycles. The van der Waals surface area contributed by atoms with Crippen LogP contribution in [0.2, 0.25) is 0 Å². The van der Waals surface area contributed by atoms with Gasteiger partial charge in [0.25, 0.3) is 11.5 Å². The number of halogens is 1. The molecular weight excluding hydrogens is 417 g/mol. The van der Waals surface area contributed by atoms with Crippen LogP contribution in [0.1, 0.15) is 28.1 Å². The Hall–Kier alpha value is -3.52. The molecule has 1 N–H and O–H groups in total. The Morgan fingerprint density at radius 2 is 1.81 bits per heavy atom. The van der Waals surface area contributed by atoms with Crippen LogP contribution in [0.5, 0.6) is 0 Å². The number of benzene rings is 2. The van der Waals surface area contributed by atoms with Crippen LogP contribution in [0.15, 0.2) is 69.6 Å². The van der Waals surface area contributed by atoms with Crippen molar-refractivity contribution in [1.82, 2.24) is 14.5 Å². The van der Waals surface area contributed by atoms with Crippen molar-refractivity contribution in [1.29, 1.82) is 0 Å². The van der Waals surface area contributed by atoms with E-state index in [4.69, 9.17) is 0 Å². The molecule has 8 heteroatoms. The zero-order chi connectivity index (χ0) is 21.5. The monoisotopic (exact) mass is 435 g/mol. The second-order valence-electron chi connectivity index (χ2n) is 7.54. The number of thiophene rings is 1. The summed E-state index contributed by atoms with van der Waals surface area (Å²) in [7, 11) is 0. The summed E-state index contributed by atoms with van der Waals surface area (Å²) in [4.78, 5) is 39.8. The first-order chi connectivity index (χ1) is 15.0. The number of fused-ring (bicyclic) bond motifs is 1. The normalized spacial score (nSPS) is 13.5. The number of para-hydroxylation sites is 1. The second kappa shape index (κ2) is 7.63. The Labute approximate surface area is 180 Å². The third kappa shape index (κ3) is 3.59. The second-order valence-corrected chi connectivity index (χ2v) is 8.45. The van der Waals surface area contributed by atoms with Gasteiger partial charge in [0.05, 0.1) is 23.1 Å². The molecule has 1 saturated carbocycles. The third-order valence-corrected chi connectivity index (χ3v) is 6.21. The molecule has 156 valence electrons. The van der Waals surface area contributed by atoms with Gasteiger partial charge in [-0.3, -0.25) is 14.2 Å². The van der Waals surface area contributed by atoms with Crippen LogP contribution in [-0.4, -0.2) is 21.1 Å². The van der Waals surface area contributed by atoms with Gasteiger partial charge in [-0.25, -0.2) is 13.8 Å². The molecule has 1 fully saturated rings. The number of carbonyl (C=O) groups excluding carboxylic acids is 1. The van der Waals surface area contributed by atoms with E-state index in [1.807, 2.05) is 0 Å². The molecule has 0 bridgehead atoms. The number of nitrogens with one attached hydrogen (secondary N) is 1. The van der Waals surface area contributed by atoms with E-state index in [-0.39, 0.29) is 30.0 Å². The van der Waals surface area contributed by atoms with Crippen molar-refractivity contribution in [3.8, 4) is 5.69 Å². The van der Waals surface area contributed by atoms with Crippen LogP contribution in [0.25, 0.3) is 16.6 Å². The maximum atomic E-state index is 13.5. The first kappa shape index (κ1) is 19.4. The van der Waals surface area contributed by atoms with E-state index in [2.05, 4.69) is 5.32 Å². The van der Waals surface area contributed by atoms with E-state index in [0.29, 0.717) is 15.8 Å². The maximum absolute atomic E-state index is 13.5. The minimum Gasteiger partial charge on any atom is -0.349 e. The minimum absolute atomic E-state index is 0.158. The van der Waals surface area contributed by atoms with Crippen LogP contribution in [0.3, 0.4) is 0 Å². The minimum atomic E-state index is -0.549. The molecule has 2 aromatic carbocycles. The molecule has 5 rings (SSSR count). The highest BCUT2D eigenvalue weighted by Crippen LogP contribution is 2.24. The lowest BCUT2D eigenvalue weighted by Crippen LogP contribution is -2.40. The first-order valence-electron chi connectivity index (χ1n) is 9.90. The van der Waals surface area contributed by atoms with Crippen LogP contribution in [0.4, 0.5) is 4.39 Å². The molecule has 0 unspecified atom stereocenters. The zero-order valence-corrected chi connectivity index (χ0v) is 17.2. The summed E-state index contributed by atoms with van der Waals surface area (Å²) in [6.07, 6.45) is 1.87. The van der Waals surface area contributed by atoms with Crippen LogP contribution in [-0.2, 0) is 6.54 Å². The van der Waals surface area contributed by atoms with Gasteiger partial charge in [0.2, 0.25) is 0 Å². The molecule has 0 radical (unpaired) electrons. The largest absolute Gasteiger partial charge is 0.349 e. The Morgan fingerprint density at radius 1 is 1.06 bits per heavy atom. The van der Waals surface area contributed by atoms with Gasteiger partial charge in [-0.1, -0.05) is 24.3 Å². The molecule has 0 saturated heterocycles. The summed E-state index contributed by atoms with van der Waals surface area (Å²) in [6.45, 7) is 0.160. The SMILES string of the molecule is O=C(NC1CC1)c1sccc1-n1c(=O)c2ccccc2n(Cc2ccc(F)cc2)c1=O. The zero-order valence-electron chi connectivity index (χ0n) is 16.4. The Morgan fingerprint density at radius 3 is 2.55 bits per heavy atom. The summed E-state index contributed by atoms with van der Waals surface area (Å²) in [6, 6.07) is 14.5. The number of nitrogens with zero attached hydrogens (tertiary/aromatic N) is 2. The molecule has 6 nitrogen and oxygen atoms in total. The molecule has 4 aromatic rings. The Bertz CT molecular complexity index is 1410. The van der Waals surface area contributed by atoms with Crippen molar-refractivity contribution in [2.75, 3.05) is 0 Å². The summed E-state index contributed by atoms with van der Waals surface area (Å²) < 4.78 is 15.9. The van der Waals surface area contributed by atoms with Gasteiger partial charge in [-0.15, -0.1) is 11.3 Å². The lowest BCUT2D eigenvalue weighted by atomic mass is 10.2. The van der Waals surface area contributed by atoms with E-state index < -0.39 is 11.2 Å². The summed E-state index contributed by atoms with van der Waals surface area (Å²) >= 11 is 1.19. The number of aromatic nitrogens is 2. The van der Waals surface area contributed by atoms with Crippen molar-refractivity contribution in [3.05, 3.63) is 97.1 Å². The molecule has 1 aliphatic rings. The fourth-order valence-electron chi connectivity index (χ4n) is 3.59. The van der Waals surface area contributed by atoms with Gasteiger partial charge in [0.1, 0.15) is 10.7 Å². The van der Waals surface area contributed by atoms with E-state index >= 15 is 0 Å². The number of rotatable bonds is 5. The standard InChI is InChI=1S/C23H18FN3O3S/c24-15-7-5-14(6-8-15)13-26-18-4-2-1-3-17(18)22(29)27(23(26)30)19-11-12-31-20(19)21(28)25-16-9-10-16/h1-8,11-12,16H,9-10,13H2,(H,25,28). The highest BCUT2D eigenvalue weighted by atomic mass is 32.1. The highest BCUT2D eigenvalue weighted by molar-refractivity contribution is 7.12. The molecule has 1 amide bonds. The fraction of sp³-hybridized carbons (Fsp3) is 0.174. The number of hydrogen-bond acceptors (Lipinski definition) is 4. The quantitative estimate of drug-likeness (QED) is 0.523. The molecule has 31 heavy (non-hydrogen) atoms. The number of carbonyl (C=O) groups is 1.